The molecule has 102 valence electrons. The molecule has 0 radical (unpaired) electrons. The molecule has 4 nitrogen and oxygen atoms in total. The molecule has 1 aromatic heterocycles. The number of halogens is 1. The zero-order valence-corrected chi connectivity index (χ0v) is 12.7. The SMILES string of the molecule is CCNCc1cc(OCc2cc(C)no2)ccc1Br. The molecule has 0 aliphatic carbocycles. The summed E-state index contributed by atoms with van der Waals surface area (Å²) < 4.78 is 11.9. The first kappa shape index (κ1) is 14.1. The van der Waals surface area contributed by atoms with Crippen LogP contribution in [0.1, 0.15) is 23.9 Å². The minimum Gasteiger partial charge on any atom is -0.486 e. The maximum atomic E-state index is 5.70. The van der Waals surface area contributed by atoms with Crippen LogP contribution in [0.2, 0.25) is 0 Å². The minimum absolute atomic E-state index is 0.392. The molecule has 0 spiro atoms. The lowest BCUT2D eigenvalue weighted by Gasteiger charge is -2.09. The van der Waals surface area contributed by atoms with Gasteiger partial charge in [-0.2, -0.15) is 0 Å². The topological polar surface area (TPSA) is 47.3 Å². The average molecular weight is 325 g/mol. The van der Waals surface area contributed by atoms with Gasteiger partial charge in [0.1, 0.15) is 12.4 Å². The second-order valence-corrected chi connectivity index (χ2v) is 5.11. The summed E-state index contributed by atoms with van der Waals surface area (Å²) in [6.07, 6.45) is 0. The van der Waals surface area contributed by atoms with Crippen molar-refractivity contribution in [3.8, 4) is 5.75 Å². The molecule has 0 atom stereocenters. The Kier molecular flexibility index (Phi) is 4.99. The summed E-state index contributed by atoms with van der Waals surface area (Å²) >= 11 is 3.54. The summed E-state index contributed by atoms with van der Waals surface area (Å²) in [5.41, 5.74) is 2.04. The van der Waals surface area contributed by atoms with E-state index in [9.17, 15) is 0 Å². The van der Waals surface area contributed by atoms with E-state index in [1.807, 2.05) is 31.2 Å². The van der Waals surface area contributed by atoms with Crippen molar-refractivity contribution in [3.05, 3.63) is 45.8 Å². The molecule has 0 amide bonds. The van der Waals surface area contributed by atoms with Gasteiger partial charge in [0.05, 0.1) is 5.69 Å². The van der Waals surface area contributed by atoms with Gasteiger partial charge in [-0.05, 0) is 37.2 Å². The van der Waals surface area contributed by atoms with Crippen molar-refractivity contribution in [2.24, 2.45) is 0 Å². The highest BCUT2D eigenvalue weighted by atomic mass is 79.9. The predicted octanol–water partition coefficient (Wildman–Crippen LogP) is 3.43. The Bertz CT molecular complexity index is 540. The molecule has 0 saturated heterocycles. The number of nitrogens with zero attached hydrogens (tertiary/aromatic N) is 1. The highest BCUT2D eigenvalue weighted by Crippen LogP contribution is 2.23. The van der Waals surface area contributed by atoms with E-state index in [2.05, 4.69) is 33.3 Å². The van der Waals surface area contributed by atoms with Crippen LogP contribution in [-0.2, 0) is 13.2 Å². The maximum absolute atomic E-state index is 5.70. The second-order valence-electron chi connectivity index (χ2n) is 4.26. The van der Waals surface area contributed by atoms with Crippen LogP contribution in [0.15, 0.2) is 33.3 Å². The number of aromatic nitrogens is 1. The van der Waals surface area contributed by atoms with Crippen LogP contribution in [0.3, 0.4) is 0 Å². The van der Waals surface area contributed by atoms with Crippen molar-refractivity contribution in [2.45, 2.75) is 27.0 Å². The van der Waals surface area contributed by atoms with Crippen molar-refractivity contribution in [1.82, 2.24) is 10.5 Å². The predicted molar refractivity (Wildman–Crippen MR) is 77.1 cm³/mol. The Morgan fingerprint density at radius 2 is 2.21 bits per heavy atom. The van der Waals surface area contributed by atoms with E-state index < -0.39 is 0 Å². The van der Waals surface area contributed by atoms with E-state index in [-0.39, 0.29) is 0 Å². The van der Waals surface area contributed by atoms with Crippen molar-refractivity contribution >= 4 is 15.9 Å². The van der Waals surface area contributed by atoms with Crippen LogP contribution in [0.5, 0.6) is 5.75 Å². The quantitative estimate of drug-likeness (QED) is 0.884. The largest absolute Gasteiger partial charge is 0.486 e. The number of ether oxygens (including phenoxy) is 1. The number of hydrogen-bond donors (Lipinski definition) is 1. The van der Waals surface area contributed by atoms with Crippen LogP contribution in [0, 0.1) is 6.92 Å². The molecule has 1 aromatic carbocycles. The Labute approximate surface area is 121 Å². The Balaban J connectivity index is 2.00. The molecule has 0 fully saturated rings. The highest BCUT2D eigenvalue weighted by molar-refractivity contribution is 9.10. The van der Waals surface area contributed by atoms with Crippen molar-refractivity contribution < 1.29 is 9.26 Å². The fraction of sp³-hybridized carbons (Fsp3) is 0.357. The number of aryl methyl sites for hydroxylation is 1. The van der Waals surface area contributed by atoms with Crippen LogP contribution >= 0.6 is 15.9 Å². The van der Waals surface area contributed by atoms with Gasteiger partial charge in [0.15, 0.2) is 5.76 Å². The lowest BCUT2D eigenvalue weighted by molar-refractivity contribution is 0.248. The van der Waals surface area contributed by atoms with E-state index >= 15 is 0 Å². The summed E-state index contributed by atoms with van der Waals surface area (Å²) in [6.45, 7) is 6.12. The number of hydrogen-bond acceptors (Lipinski definition) is 4. The molecule has 0 bridgehead atoms. The molecular weight excluding hydrogens is 308 g/mol. The minimum atomic E-state index is 0.392. The summed E-state index contributed by atoms with van der Waals surface area (Å²) in [6, 6.07) is 7.82. The number of rotatable bonds is 6. The Hall–Kier alpha value is -1.33. The maximum Gasteiger partial charge on any atom is 0.174 e. The van der Waals surface area contributed by atoms with Gasteiger partial charge in [0, 0.05) is 17.1 Å². The molecule has 19 heavy (non-hydrogen) atoms. The molecular formula is C14H17BrN2O2. The molecule has 1 heterocycles. The fourth-order valence-electron chi connectivity index (χ4n) is 1.67. The van der Waals surface area contributed by atoms with E-state index in [4.69, 9.17) is 9.26 Å². The van der Waals surface area contributed by atoms with Crippen LogP contribution < -0.4 is 10.1 Å². The lowest BCUT2D eigenvalue weighted by Crippen LogP contribution is -2.12. The first-order chi connectivity index (χ1) is 9.19. The van der Waals surface area contributed by atoms with E-state index in [0.29, 0.717) is 6.61 Å². The van der Waals surface area contributed by atoms with Crippen LogP contribution in [0.25, 0.3) is 0 Å². The highest BCUT2D eigenvalue weighted by Gasteiger charge is 2.05. The van der Waals surface area contributed by atoms with Gasteiger partial charge in [-0.1, -0.05) is 28.0 Å². The van der Waals surface area contributed by atoms with Crippen LogP contribution in [0.4, 0.5) is 0 Å². The van der Waals surface area contributed by atoms with Gasteiger partial charge in [0.25, 0.3) is 0 Å². The van der Waals surface area contributed by atoms with E-state index in [1.165, 1.54) is 5.56 Å². The zero-order valence-electron chi connectivity index (χ0n) is 11.1. The molecule has 0 unspecified atom stereocenters. The Morgan fingerprint density at radius 1 is 1.37 bits per heavy atom. The Morgan fingerprint density at radius 3 is 2.89 bits per heavy atom. The van der Waals surface area contributed by atoms with Crippen molar-refractivity contribution in [1.29, 1.82) is 0 Å². The fourth-order valence-corrected chi connectivity index (χ4v) is 2.06. The molecule has 1 N–H and O–H groups in total. The molecule has 2 rings (SSSR count). The third-order valence-electron chi connectivity index (χ3n) is 2.64. The lowest BCUT2D eigenvalue weighted by atomic mass is 10.2. The normalized spacial score (nSPS) is 10.7. The van der Waals surface area contributed by atoms with E-state index in [1.54, 1.807) is 0 Å². The number of nitrogens with one attached hydrogen (secondary N) is 1. The summed E-state index contributed by atoms with van der Waals surface area (Å²) in [5.74, 6) is 1.55. The average Bonchev–Trinajstić information content (AvgIpc) is 2.82. The smallest absolute Gasteiger partial charge is 0.174 e. The second kappa shape index (κ2) is 6.73. The standard InChI is InChI=1S/C14H17BrN2O2/c1-3-16-8-11-7-12(4-5-14(11)15)18-9-13-6-10(2)17-19-13/h4-7,16H,3,8-9H2,1-2H3. The number of benzene rings is 1. The third kappa shape index (κ3) is 4.08. The van der Waals surface area contributed by atoms with Crippen LogP contribution in [-0.4, -0.2) is 11.7 Å². The van der Waals surface area contributed by atoms with Crippen molar-refractivity contribution in [3.63, 3.8) is 0 Å². The zero-order chi connectivity index (χ0) is 13.7. The summed E-state index contributed by atoms with van der Waals surface area (Å²) in [5, 5.41) is 7.12. The van der Waals surface area contributed by atoms with Gasteiger partial charge in [0.2, 0.25) is 0 Å². The molecule has 5 heteroatoms. The summed E-state index contributed by atoms with van der Waals surface area (Å²) in [7, 11) is 0. The van der Waals surface area contributed by atoms with Gasteiger partial charge in [-0.15, -0.1) is 0 Å². The summed E-state index contributed by atoms with van der Waals surface area (Å²) in [4.78, 5) is 0. The van der Waals surface area contributed by atoms with Gasteiger partial charge in [-0.3, -0.25) is 0 Å². The molecule has 2 aromatic rings. The van der Waals surface area contributed by atoms with Crippen molar-refractivity contribution in [2.75, 3.05) is 6.54 Å². The van der Waals surface area contributed by atoms with Gasteiger partial charge in [-0.25, -0.2) is 0 Å². The third-order valence-corrected chi connectivity index (χ3v) is 3.41. The first-order valence-corrected chi connectivity index (χ1v) is 7.02. The van der Waals surface area contributed by atoms with Gasteiger partial charge >= 0.3 is 0 Å². The van der Waals surface area contributed by atoms with Gasteiger partial charge < -0.3 is 14.6 Å². The molecule has 0 aliphatic heterocycles. The first-order valence-electron chi connectivity index (χ1n) is 6.23. The molecule has 0 aliphatic rings. The van der Waals surface area contributed by atoms with E-state index in [0.717, 1.165) is 34.8 Å². The molecule has 0 saturated carbocycles. The monoisotopic (exact) mass is 324 g/mol.